The number of aliphatic hydroxyl groups is 2. The Morgan fingerprint density at radius 1 is 0.907 bits per heavy atom. The quantitative estimate of drug-likeness (QED) is 0.246. The number of rotatable bonds is 12. The molecule has 2 saturated heterocycles. The minimum Gasteiger partial charge on any atom is -0.481 e. The van der Waals surface area contributed by atoms with Crippen molar-refractivity contribution in [2.75, 3.05) is 19.6 Å². The van der Waals surface area contributed by atoms with E-state index < -0.39 is 12.3 Å². The largest absolute Gasteiger partial charge is 0.481 e. The fourth-order valence-corrected chi connectivity index (χ4v) is 5.71. The number of carboxylic acid groups (broad SMARTS) is 1. The summed E-state index contributed by atoms with van der Waals surface area (Å²) >= 11 is 0. The lowest BCUT2D eigenvalue weighted by Gasteiger charge is -2.38. The number of β-amino-alcohol motifs (C(OH)–C–C–N with tert-alkyl or cyclic N) is 1. The third kappa shape index (κ3) is 8.72. The van der Waals surface area contributed by atoms with Crippen molar-refractivity contribution in [1.29, 1.82) is 0 Å². The molecule has 43 heavy (non-hydrogen) atoms. The van der Waals surface area contributed by atoms with Gasteiger partial charge in [0.2, 0.25) is 5.91 Å². The first-order chi connectivity index (χ1) is 20.9. The monoisotopic (exact) mass is 588 g/mol. The van der Waals surface area contributed by atoms with Crippen LogP contribution < -0.4 is 5.32 Å². The topological polar surface area (TPSA) is 129 Å². The van der Waals surface area contributed by atoms with Crippen molar-refractivity contribution in [3.05, 3.63) is 95.1 Å². The van der Waals surface area contributed by atoms with Gasteiger partial charge in [-0.15, -0.1) is 0 Å². The number of hydrogen-bond donors (Lipinski definition) is 4. The van der Waals surface area contributed by atoms with Crippen LogP contribution in [0.3, 0.4) is 0 Å². The van der Waals surface area contributed by atoms with Gasteiger partial charge in [-0.3, -0.25) is 14.5 Å². The molecule has 4 atom stereocenters. The molecule has 4 N–H and O–H groups in total. The van der Waals surface area contributed by atoms with Crippen molar-refractivity contribution in [3.8, 4) is 11.1 Å². The van der Waals surface area contributed by atoms with Crippen molar-refractivity contribution >= 4 is 11.9 Å². The van der Waals surface area contributed by atoms with E-state index in [0.29, 0.717) is 32.5 Å². The van der Waals surface area contributed by atoms with Crippen LogP contribution in [0.4, 0.5) is 0 Å². The maximum Gasteiger partial charge on any atom is 0.303 e. The number of benzene rings is 3. The van der Waals surface area contributed by atoms with Crippen LogP contribution in [-0.2, 0) is 32.2 Å². The van der Waals surface area contributed by atoms with Gasteiger partial charge in [-0.05, 0) is 52.8 Å². The van der Waals surface area contributed by atoms with Gasteiger partial charge < -0.3 is 30.1 Å². The summed E-state index contributed by atoms with van der Waals surface area (Å²) in [6.45, 7) is 2.56. The van der Waals surface area contributed by atoms with E-state index in [-0.39, 0.29) is 43.7 Å². The number of carbonyl (C=O) groups excluding carboxylic acids is 1. The molecule has 5 rings (SSSR count). The first kappa shape index (κ1) is 30.8. The average Bonchev–Trinajstić information content (AvgIpc) is 3.44. The lowest BCUT2D eigenvalue weighted by Crippen LogP contribution is -2.38. The highest BCUT2D eigenvalue weighted by molar-refractivity contribution is 5.76. The van der Waals surface area contributed by atoms with Crippen LogP contribution in [0.25, 0.3) is 11.1 Å². The van der Waals surface area contributed by atoms with E-state index in [4.69, 9.17) is 14.6 Å². The first-order valence-electron chi connectivity index (χ1n) is 14.9. The Bertz CT molecular complexity index is 1380. The van der Waals surface area contributed by atoms with Gasteiger partial charge in [0.15, 0.2) is 6.29 Å². The highest BCUT2D eigenvalue weighted by Gasteiger charge is 2.34. The summed E-state index contributed by atoms with van der Waals surface area (Å²) in [6.07, 6.45) is 0.785. The summed E-state index contributed by atoms with van der Waals surface area (Å²) in [7, 11) is 0. The number of aliphatic hydroxyl groups excluding tert-OH is 2. The number of likely N-dealkylation sites (tertiary alicyclic amines) is 1. The minimum absolute atomic E-state index is 0.00932. The number of nitrogens with zero attached hydrogens (tertiary/aromatic N) is 1. The molecule has 3 aromatic carbocycles. The third-order valence-corrected chi connectivity index (χ3v) is 8.03. The van der Waals surface area contributed by atoms with Gasteiger partial charge in [0, 0.05) is 51.0 Å². The first-order valence-corrected chi connectivity index (χ1v) is 14.9. The highest BCUT2D eigenvalue weighted by Crippen LogP contribution is 2.39. The van der Waals surface area contributed by atoms with Gasteiger partial charge in [-0.1, -0.05) is 60.7 Å². The maximum atomic E-state index is 12.1. The number of carbonyl (C=O) groups is 2. The van der Waals surface area contributed by atoms with E-state index in [1.165, 1.54) is 0 Å². The van der Waals surface area contributed by atoms with Crippen LogP contribution in [0.5, 0.6) is 0 Å². The van der Waals surface area contributed by atoms with E-state index in [1.807, 2.05) is 66.7 Å². The minimum atomic E-state index is -0.902. The molecule has 9 nitrogen and oxygen atoms in total. The Morgan fingerprint density at radius 2 is 1.67 bits per heavy atom. The summed E-state index contributed by atoms with van der Waals surface area (Å²) in [5.41, 5.74) is 5.71. The predicted molar refractivity (Wildman–Crippen MR) is 161 cm³/mol. The Labute approximate surface area is 252 Å². The molecule has 3 aromatic rings. The van der Waals surface area contributed by atoms with Gasteiger partial charge in [0.1, 0.15) is 0 Å². The normalized spacial score (nSPS) is 22.4. The Balaban J connectivity index is 1.30. The van der Waals surface area contributed by atoms with Gasteiger partial charge in [0.25, 0.3) is 0 Å². The standard InChI is InChI=1S/C34H40N2O7/c37-22-23-10-12-25(13-11-23)31-18-30(21-36-15-14-29(38)20-36)42-34(43-31)28-7-2-6-27(17-28)26-5-1-4-24(16-26)19-35-32(39)8-3-9-33(40)41/h1-2,4-7,10-13,16-17,29-31,34,37-38H,3,8-9,14-15,18-22H2,(H,35,39)(H,40,41)/t29-,30-,31+,34+/m0/s1. The highest BCUT2D eigenvalue weighted by atomic mass is 16.7. The molecular formula is C34H40N2O7. The molecule has 0 radical (unpaired) electrons. The number of aliphatic carboxylic acids is 1. The van der Waals surface area contributed by atoms with E-state index in [0.717, 1.165) is 46.3 Å². The van der Waals surface area contributed by atoms with Crippen molar-refractivity contribution < 1.29 is 34.4 Å². The van der Waals surface area contributed by atoms with Crippen LogP contribution in [0.2, 0.25) is 0 Å². The van der Waals surface area contributed by atoms with Crippen molar-refractivity contribution in [1.82, 2.24) is 10.2 Å². The van der Waals surface area contributed by atoms with E-state index >= 15 is 0 Å². The molecule has 2 fully saturated rings. The summed E-state index contributed by atoms with van der Waals surface area (Å²) < 4.78 is 13.1. The molecule has 9 heteroatoms. The van der Waals surface area contributed by atoms with Crippen molar-refractivity contribution in [3.63, 3.8) is 0 Å². The summed E-state index contributed by atoms with van der Waals surface area (Å²) in [5.74, 6) is -1.07. The lowest BCUT2D eigenvalue weighted by atomic mass is 9.98. The van der Waals surface area contributed by atoms with Crippen molar-refractivity contribution in [2.24, 2.45) is 0 Å². The van der Waals surface area contributed by atoms with Gasteiger partial charge >= 0.3 is 5.97 Å². The third-order valence-electron chi connectivity index (χ3n) is 8.03. The molecule has 2 aliphatic rings. The number of hydrogen-bond acceptors (Lipinski definition) is 7. The van der Waals surface area contributed by atoms with E-state index in [2.05, 4.69) is 16.3 Å². The molecule has 0 saturated carbocycles. The Kier molecular flexibility index (Phi) is 10.6. The number of ether oxygens (including phenoxy) is 2. The second-order valence-electron chi connectivity index (χ2n) is 11.4. The predicted octanol–water partition coefficient (Wildman–Crippen LogP) is 4.33. The molecular weight excluding hydrogens is 548 g/mol. The van der Waals surface area contributed by atoms with Crippen LogP contribution in [0, 0.1) is 0 Å². The van der Waals surface area contributed by atoms with E-state index in [1.54, 1.807) is 0 Å². The van der Waals surface area contributed by atoms with Crippen LogP contribution in [0.15, 0.2) is 72.8 Å². The molecule has 1 amide bonds. The van der Waals surface area contributed by atoms with Gasteiger partial charge in [-0.2, -0.15) is 0 Å². The van der Waals surface area contributed by atoms with Gasteiger partial charge in [-0.25, -0.2) is 0 Å². The molecule has 2 heterocycles. The molecule has 2 aliphatic heterocycles. The fraction of sp³-hybridized carbons (Fsp3) is 0.412. The Morgan fingerprint density at radius 3 is 2.40 bits per heavy atom. The fourth-order valence-electron chi connectivity index (χ4n) is 5.71. The zero-order chi connectivity index (χ0) is 30.2. The van der Waals surface area contributed by atoms with Crippen LogP contribution >= 0.6 is 0 Å². The zero-order valence-electron chi connectivity index (χ0n) is 24.2. The number of nitrogens with one attached hydrogen (secondary N) is 1. The van der Waals surface area contributed by atoms with Crippen LogP contribution in [0.1, 0.15) is 66.8 Å². The molecule has 0 aromatic heterocycles. The summed E-state index contributed by atoms with van der Waals surface area (Å²) in [6, 6.07) is 23.9. The molecule has 0 unspecified atom stereocenters. The molecule has 0 aliphatic carbocycles. The Hall–Kier alpha value is -3.60. The second kappa shape index (κ2) is 14.7. The van der Waals surface area contributed by atoms with Crippen LogP contribution in [-0.4, -0.2) is 63.9 Å². The maximum absolute atomic E-state index is 12.1. The zero-order valence-corrected chi connectivity index (χ0v) is 24.2. The van der Waals surface area contributed by atoms with Crippen molar-refractivity contribution in [2.45, 2.75) is 69.9 Å². The number of carboxylic acids is 1. The smallest absolute Gasteiger partial charge is 0.303 e. The number of amides is 1. The summed E-state index contributed by atoms with van der Waals surface area (Å²) in [5, 5.41) is 31.2. The van der Waals surface area contributed by atoms with E-state index in [9.17, 15) is 19.8 Å². The molecule has 228 valence electrons. The van der Waals surface area contributed by atoms with Gasteiger partial charge in [0.05, 0.1) is 24.9 Å². The average molecular weight is 589 g/mol. The SMILES string of the molecule is O=C(O)CCCC(=O)NCc1cccc(-c2cccc([C@@H]3O[C@H](CN4CC[C@H](O)C4)C[C@H](c4ccc(CO)cc4)O3)c2)c1. The molecule has 0 spiro atoms. The second-order valence-corrected chi connectivity index (χ2v) is 11.4. The lowest BCUT2D eigenvalue weighted by molar-refractivity contribution is -0.252. The summed E-state index contributed by atoms with van der Waals surface area (Å²) in [4.78, 5) is 25.1. The molecule has 0 bridgehead atoms.